The second kappa shape index (κ2) is 7.14. The van der Waals surface area contributed by atoms with Crippen LogP contribution in [0.1, 0.15) is 31.2 Å². The molecule has 20 heavy (non-hydrogen) atoms. The van der Waals surface area contributed by atoms with Crippen LogP contribution in [0.15, 0.2) is 24.5 Å². The molecule has 1 atom stereocenters. The molecule has 0 saturated heterocycles. The van der Waals surface area contributed by atoms with E-state index in [0.29, 0.717) is 17.8 Å². The van der Waals surface area contributed by atoms with Gasteiger partial charge in [-0.3, -0.25) is 4.98 Å². The number of nitrogens with zero attached hydrogens (tertiary/aromatic N) is 4. The molecule has 0 aliphatic heterocycles. The van der Waals surface area contributed by atoms with Gasteiger partial charge in [0.05, 0.1) is 0 Å². The average molecular weight is 292 g/mol. The molecule has 2 aromatic rings. The van der Waals surface area contributed by atoms with E-state index in [2.05, 4.69) is 32.2 Å². The number of pyridine rings is 1. The SMILES string of the molecule is CCC(CCc1ccncc1)Nc1nc(C)nc(Cl)n1. The molecule has 2 aromatic heterocycles. The van der Waals surface area contributed by atoms with E-state index in [9.17, 15) is 0 Å². The molecule has 106 valence electrons. The van der Waals surface area contributed by atoms with E-state index in [0.717, 1.165) is 19.3 Å². The van der Waals surface area contributed by atoms with Crippen LogP contribution in [0.3, 0.4) is 0 Å². The van der Waals surface area contributed by atoms with E-state index in [1.807, 2.05) is 24.5 Å². The highest BCUT2D eigenvalue weighted by atomic mass is 35.5. The number of rotatable bonds is 6. The van der Waals surface area contributed by atoms with Gasteiger partial charge in [-0.1, -0.05) is 6.92 Å². The zero-order chi connectivity index (χ0) is 14.4. The summed E-state index contributed by atoms with van der Waals surface area (Å²) in [6, 6.07) is 4.38. The molecule has 0 amide bonds. The lowest BCUT2D eigenvalue weighted by Crippen LogP contribution is -2.21. The summed E-state index contributed by atoms with van der Waals surface area (Å²) >= 11 is 5.84. The van der Waals surface area contributed by atoms with Crippen LogP contribution in [-0.4, -0.2) is 26.0 Å². The highest BCUT2D eigenvalue weighted by Gasteiger charge is 2.09. The number of aryl methyl sites for hydroxylation is 2. The van der Waals surface area contributed by atoms with Gasteiger partial charge < -0.3 is 5.32 Å². The lowest BCUT2D eigenvalue weighted by atomic mass is 10.0. The van der Waals surface area contributed by atoms with Gasteiger partial charge in [-0.2, -0.15) is 9.97 Å². The number of anilines is 1. The van der Waals surface area contributed by atoms with Gasteiger partial charge in [0.25, 0.3) is 0 Å². The minimum Gasteiger partial charge on any atom is -0.351 e. The number of aromatic nitrogens is 4. The molecule has 1 unspecified atom stereocenters. The molecule has 0 aliphatic rings. The van der Waals surface area contributed by atoms with Crippen LogP contribution >= 0.6 is 11.6 Å². The Hall–Kier alpha value is -1.75. The maximum atomic E-state index is 5.84. The largest absolute Gasteiger partial charge is 0.351 e. The predicted octanol–water partition coefficient (Wildman–Crippen LogP) is 3.05. The lowest BCUT2D eigenvalue weighted by molar-refractivity contribution is 0.626. The van der Waals surface area contributed by atoms with Gasteiger partial charge in [-0.25, -0.2) is 4.98 Å². The van der Waals surface area contributed by atoms with Crippen LogP contribution in [0.25, 0.3) is 0 Å². The van der Waals surface area contributed by atoms with Gasteiger partial charge in [0.2, 0.25) is 11.2 Å². The van der Waals surface area contributed by atoms with Crippen molar-refractivity contribution in [3.8, 4) is 0 Å². The topological polar surface area (TPSA) is 63.6 Å². The van der Waals surface area contributed by atoms with Crippen molar-refractivity contribution in [2.24, 2.45) is 0 Å². The molecule has 6 heteroatoms. The highest BCUT2D eigenvalue weighted by Crippen LogP contribution is 2.12. The Bertz CT molecular complexity index is 526. The van der Waals surface area contributed by atoms with Gasteiger partial charge in [0.1, 0.15) is 5.82 Å². The fourth-order valence-electron chi connectivity index (χ4n) is 1.96. The molecule has 5 nitrogen and oxygen atoms in total. The summed E-state index contributed by atoms with van der Waals surface area (Å²) < 4.78 is 0. The number of hydrogen-bond donors (Lipinski definition) is 1. The van der Waals surface area contributed by atoms with Crippen molar-refractivity contribution in [2.75, 3.05) is 5.32 Å². The van der Waals surface area contributed by atoms with Gasteiger partial charge in [-0.05, 0) is 55.5 Å². The second-order valence-electron chi connectivity index (χ2n) is 4.62. The molecule has 0 spiro atoms. The fourth-order valence-corrected chi connectivity index (χ4v) is 2.17. The summed E-state index contributed by atoms with van der Waals surface area (Å²) in [6.45, 7) is 3.94. The Morgan fingerprint density at radius 1 is 1.20 bits per heavy atom. The molecule has 0 saturated carbocycles. The quantitative estimate of drug-likeness (QED) is 0.886. The van der Waals surface area contributed by atoms with E-state index in [1.54, 1.807) is 6.92 Å². The van der Waals surface area contributed by atoms with E-state index in [-0.39, 0.29) is 5.28 Å². The van der Waals surface area contributed by atoms with Crippen LogP contribution in [0.2, 0.25) is 5.28 Å². The van der Waals surface area contributed by atoms with E-state index in [4.69, 9.17) is 11.6 Å². The van der Waals surface area contributed by atoms with Crippen molar-refractivity contribution < 1.29 is 0 Å². The Kier molecular flexibility index (Phi) is 5.24. The summed E-state index contributed by atoms with van der Waals surface area (Å²) in [6.07, 6.45) is 6.62. The average Bonchev–Trinajstić information content (AvgIpc) is 2.43. The lowest BCUT2D eigenvalue weighted by Gasteiger charge is -2.17. The van der Waals surface area contributed by atoms with Crippen LogP contribution in [0.4, 0.5) is 5.95 Å². The van der Waals surface area contributed by atoms with Gasteiger partial charge >= 0.3 is 0 Å². The van der Waals surface area contributed by atoms with Crippen LogP contribution in [0.5, 0.6) is 0 Å². The van der Waals surface area contributed by atoms with Gasteiger partial charge in [-0.15, -0.1) is 0 Å². The first-order valence-corrected chi connectivity index (χ1v) is 7.08. The zero-order valence-corrected chi connectivity index (χ0v) is 12.4. The first-order chi connectivity index (χ1) is 9.67. The third-order valence-electron chi connectivity index (χ3n) is 3.08. The summed E-state index contributed by atoms with van der Waals surface area (Å²) in [5.41, 5.74) is 1.28. The number of halogens is 1. The second-order valence-corrected chi connectivity index (χ2v) is 4.96. The normalized spacial score (nSPS) is 12.2. The fraction of sp³-hybridized carbons (Fsp3) is 0.429. The maximum absolute atomic E-state index is 5.84. The van der Waals surface area contributed by atoms with E-state index in [1.165, 1.54) is 5.56 Å². The van der Waals surface area contributed by atoms with E-state index >= 15 is 0 Å². The third-order valence-corrected chi connectivity index (χ3v) is 3.25. The third kappa shape index (κ3) is 4.42. The van der Waals surface area contributed by atoms with Crippen molar-refractivity contribution in [1.29, 1.82) is 0 Å². The minimum atomic E-state index is 0.226. The predicted molar refractivity (Wildman–Crippen MR) is 79.8 cm³/mol. The smallest absolute Gasteiger partial charge is 0.227 e. The van der Waals surface area contributed by atoms with Crippen molar-refractivity contribution in [2.45, 2.75) is 39.2 Å². The van der Waals surface area contributed by atoms with Gasteiger partial charge in [0, 0.05) is 18.4 Å². The van der Waals surface area contributed by atoms with Gasteiger partial charge in [0.15, 0.2) is 0 Å². The number of hydrogen-bond acceptors (Lipinski definition) is 5. The summed E-state index contributed by atoms with van der Waals surface area (Å²) in [4.78, 5) is 16.3. The molecule has 0 aliphatic carbocycles. The molecule has 2 rings (SSSR count). The van der Waals surface area contributed by atoms with Crippen LogP contribution < -0.4 is 5.32 Å². The minimum absolute atomic E-state index is 0.226. The van der Waals surface area contributed by atoms with Crippen molar-refractivity contribution in [3.63, 3.8) is 0 Å². The molecule has 0 aromatic carbocycles. The van der Waals surface area contributed by atoms with Crippen molar-refractivity contribution >= 4 is 17.5 Å². The van der Waals surface area contributed by atoms with Crippen LogP contribution in [0, 0.1) is 6.92 Å². The Labute approximate surface area is 123 Å². The molecule has 0 radical (unpaired) electrons. The molecule has 0 bridgehead atoms. The molecule has 0 fully saturated rings. The highest BCUT2D eigenvalue weighted by molar-refractivity contribution is 6.28. The zero-order valence-electron chi connectivity index (χ0n) is 11.7. The first kappa shape index (κ1) is 14.7. The first-order valence-electron chi connectivity index (χ1n) is 6.71. The summed E-state index contributed by atoms with van der Waals surface area (Å²) in [7, 11) is 0. The van der Waals surface area contributed by atoms with Crippen molar-refractivity contribution in [3.05, 3.63) is 41.2 Å². The maximum Gasteiger partial charge on any atom is 0.227 e. The molecular weight excluding hydrogens is 274 g/mol. The monoisotopic (exact) mass is 291 g/mol. The summed E-state index contributed by atoms with van der Waals surface area (Å²) in [5.74, 6) is 1.17. The Morgan fingerprint density at radius 3 is 2.60 bits per heavy atom. The molecular formula is C14H18ClN5. The van der Waals surface area contributed by atoms with Crippen molar-refractivity contribution in [1.82, 2.24) is 19.9 Å². The number of nitrogens with one attached hydrogen (secondary N) is 1. The molecule has 2 heterocycles. The Morgan fingerprint density at radius 2 is 1.95 bits per heavy atom. The molecule has 1 N–H and O–H groups in total. The standard InChI is InChI=1S/C14H18ClN5/c1-3-12(5-4-11-6-8-16-9-7-11)19-14-18-10(2)17-13(15)20-14/h6-9,12H,3-5H2,1-2H3,(H,17,18,19,20). The Balaban J connectivity index is 1.95. The van der Waals surface area contributed by atoms with Crippen LogP contribution in [-0.2, 0) is 6.42 Å². The summed E-state index contributed by atoms with van der Waals surface area (Å²) in [5, 5.41) is 3.54. The van der Waals surface area contributed by atoms with E-state index < -0.39 is 0 Å².